The van der Waals surface area contributed by atoms with Gasteiger partial charge >= 0.3 is 13.5 Å². The average Bonchev–Trinajstić information content (AvgIpc) is 3.09. The van der Waals surface area contributed by atoms with Gasteiger partial charge in [0.2, 0.25) is 0 Å². The molecule has 4 rings (SSSR count). The summed E-state index contributed by atoms with van der Waals surface area (Å²) in [5.41, 5.74) is 6.99. The number of benzene rings is 1. The summed E-state index contributed by atoms with van der Waals surface area (Å²) in [4.78, 5) is 47.5. The molecule has 14 heteroatoms. The number of anilines is 1. The summed E-state index contributed by atoms with van der Waals surface area (Å²) in [6, 6.07) is 11.7. The Labute approximate surface area is 197 Å². The monoisotopic (exact) mass is 506 g/mol. The van der Waals surface area contributed by atoms with E-state index in [0.29, 0.717) is 11.4 Å². The second kappa shape index (κ2) is 9.84. The van der Waals surface area contributed by atoms with Gasteiger partial charge in [0.05, 0.1) is 18.8 Å². The van der Waals surface area contributed by atoms with Crippen molar-refractivity contribution in [2.45, 2.75) is 31.1 Å². The van der Waals surface area contributed by atoms with Crippen LogP contribution >= 0.6 is 7.82 Å². The zero-order chi connectivity index (χ0) is 25.3. The van der Waals surface area contributed by atoms with Gasteiger partial charge in [0, 0.05) is 29.7 Å². The number of rotatable bonds is 7. The minimum atomic E-state index is -4.85. The molecule has 35 heavy (non-hydrogen) atoms. The lowest BCUT2D eigenvalue weighted by Crippen LogP contribution is -2.43. The van der Waals surface area contributed by atoms with Gasteiger partial charge in [-0.2, -0.15) is 0 Å². The molecular formula is C21H23N4O9P. The maximum Gasteiger partial charge on any atom is 0.469 e. The second-order valence-corrected chi connectivity index (χ2v) is 9.13. The third kappa shape index (κ3) is 5.41. The van der Waals surface area contributed by atoms with Gasteiger partial charge in [0.15, 0.2) is 6.23 Å². The van der Waals surface area contributed by atoms with Crippen LogP contribution in [-0.4, -0.2) is 59.0 Å². The zero-order valence-electron chi connectivity index (χ0n) is 18.1. The molecule has 1 aliphatic rings. The minimum Gasteiger partial charge on any atom is -0.398 e. The van der Waals surface area contributed by atoms with Crippen molar-refractivity contribution in [1.82, 2.24) is 14.1 Å². The quantitative estimate of drug-likeness (QED) is 0.203. The molecule has 1 aliphatic heterocycles. The normalized spacial score (nSPS) is 22.4. The molecule has 1 fully saturated rings. The molecule has 1 aromatic carbocycles. The third-order valence-corrected chi connectivity index (χ3v) is 6.01. The highest BCUT2D eigenvalue weighted by Crippen LogP contribution is 2.38. The summed E-state index contributed by atoms with van der Waals surface area (Å²) >= 11 is 0. The number of hydrogen-bond acceptors (Lipinski definition) is 9. The van der Waals surface area contributed by atoms with E-state index in [1.165, 1.54) is 6.20 Å². The van der Waals surface area contributed by atoms with E-state index in [1.54, 1.807) is 24.3 Å². The maximum atomic E-state index is 13.1. The van der Waals surface area contributed by atoms with Crippen molar-refractivity contribution < 1.29 is 33.8 Å². The number of nitrogens with two attached hydrogens (primary N) is 1. The molecule has 0 bridgehead atoms. The molecule has 3 aromatic rings. The molecule has 1 saturated heterocycles. The van der Waals surface area contributed by atoms with Gasteiger partial charge in [0.1, 0.15) is 18.3 Å². The smallest absolute Gasteiger partial charge is 0.398 e. The van der Waals surface area contributed by atoms with Crippen molar-refractivity contribution in [3.63, 3.8) is 0 Å². The van der Waals surface area contributed by atoms with Crippen molar-refractivity contribution in [3.05, 3.63) is 81.4 Å². The Morgan fingerprint density at radius 1 is 1.11 bits per heavy atom. The SMILES string of the molecule is Nc1ccccc1-c1ccnc(Cn2c(=O)ccn([C@@H]3O[C@H](COP(=O)(O)O)[C@H](O)[C@@H]3O)c2=O)c1. The lowest BCUT2D eigenvalue weighted by molar-refractivity contribution is -0.0548. The van der Waals surface area contributed by atoms with E-state index in [4.69, 9.17) is 20.3 Å². The lowest BCUT2D eigenvalue weighted by atomic mass is 10.0. The number of hydrogen-bond donors (Lipinski definition) is 5. The van der Waals surface area contributed by atoms with Crippen LogP contribution < -0.4 is 17.0 Å². The van der Waals surface area contributed by atoms with E-state index in [1.807, 2.05) is 12.1 Å². The van der Waals surface area contributed by atoms with Gasteiger partial charge in [-0.05, 0) is 23.8 Å². The summed E-state index contributed by atoms with van der Waals surface area (Å²) in [5.74, 6) is 0. The van der Waals surface area contributed by atoms with Crippen LogP contribution in [0.4, 0.5) is 5.69 Å². The van der Waals surface area contributed by atoms with E-state index in [-0.39, 0.29) is 6.54 Å². The van der Waals surface area contributed by atoms with Crippen LogP contribution in [0, 0.1) is 0 Å². The topological polar surface area (TPSA) is 199 Å². The number of aliphatic hydroxyl groups excluding tert-OH is 2. The van der Waals surface area contributed by atoms with Gasteiger partial charge < -0.3 is 30.5 Å². The van der Waals surface area contributed by atoms with Gasteiger partial charge in [0.25, 0.3) is 5.56 Å². The Kier molecular flexibility index (Phi) is 7.01. The van der Waals surface area contributed by atoms with Crippen LogP contribution in [-0.2, 0) is 20.4 Å². The first kappa shape index (κ1) is 24.9. The number of nitrogen functional groups attached to an aromatic ring is 1. The van der Waals surface area contributed by atoms with Gasteiger partial charge in [-0.25, -0.2) is 9.36 Å². The number of para-hydroxylation sites is 1. The Balaban J connectivity index is 1.62. The van der Waals surface area contributed by atoms with Gasteiger partial charge in [-0.15, -0.1) is 0 Å². The number of phosphoric acid groups is 1. The standard InChI is InChI=1S/C21H23N4O9P/c22-15-4-2-1-3-14(15)12-5-7-23-13(9-12)10-25-17(26)6-8-24(21(25)29)20-19(28)18(27)16(34-20)11-33-35(30,31)32/h1-9,16,18-20,27-28H,10-11,22H2,(H2,30,31,32)/t16-,18+,19+,20-/m1/s1. The predicted molar refractivity (Wildman–Crippen MR) is 122 cm³/mol. The third-order valence-electron chi connectivity index (χ3n) is 5.52. The molecule has 6 N–H and O–H groups in total. The molecule has 0 unspecified atom stereocenters. The molecule has 2 aromatic heterocycles. The first-order valence-corrected chi connectivity index (χ1v) is 11.9. The fraction of sp³-hybridized carbons (Fsp3) is 0.286. The highest BCUT2D eigenvalue weighted by Gasteiger charge is 2.45. The maximum absolute atomic E-state index is 13.1. The number of aromatic nitrogens is 3. The Bertz CT molecular complexity index is 1390. The molecule has 3 heterocycles. The second-order valence-electron chi connectivity index (χ2n) is 7.89. The highest BCUT2D eigenvalue weighted by atomic mass is 31.2. The zero-order valence-corrected chi connectivity index (χ0v) is 19.0. The van der Waals surface area contributed by atoms with Crippen molar-refractivity contribution in [1.29, 1.82) is 0 Å². The van der Waals surface area contributed by atoms with Crippen molar-refractivity contribution in [2.24, 2.45) is 0 Å². The molecule has 13 nitrogen and oxygen atoms in total. The van der Waals surface area contributed by atoms with Crippen molar-refractivity contribution in [3.8, 4) is 11.1 Å². The number of aliphatic hydroxyl groups is 2. The van der Waals surface area contributed by atoms with Crippen molar-refractivity contribution >= 4 is 13.5 Å². The fourth-order valence-electron chi connectivity index (χ4n) is 3.79. The highest BCUT2D eigenvalue weighted by molar-refractivity contribution is 7.46. The summed E-state index contributed by atoms with van der Waals surface area (Å²) in [5, 5.41) is 20.6. The molecule has 4 atom stereocenters. The molecule has 0 amide bonds. The number of phosphoric ester groups is 1. The van der Waals surface area contributed by atoms with E-state index >= 15 is 0 Å². The predicted octanol–water partition coefficient (Wildman–Crippen LogP) is -0.569. The number of pyridine rings is 1. The van der Waals surface area contributed by atoms with Gasteiger partial charge in [-0.3, -0.25) is 23.4 Å². The van der Waals surface area contributed by atoms with Crippen molar-refractivity contribution in [2.75, 3.05) is 12.3 Å². The number of ether oxygens (including phenoxy) is 1. The molecule has 0 spiro atoms. The van der Waals surface area contributed by atoms with Crippen LogP contribution in [0.5, 0.6) is 0 Å². The average molecular weight is 506 g/mol. The van der Waals surface area contributed by atoms with Crippen LogP contribution in [0.2, 0.25) is 0 Å². The van der Waals surface area contributed by atoms with Crippen LogP contribution in [0.25, 0.3) is 11.1 Å². The van der Waals surface area contributed by atoms with E-state index in [2.05, 4.69) is 9.51 Å². The lowest BCUT2D eigenvalue weighted by Gasteiger charge is -2.19. The van der Waals surface area contributed by atoms with E-state index in [9.17, 15) is 24.4 Å². The number of nitrogens with zero attached hydrogens (tertiary/aromatic N) is 3. The summed E-state index contributed by atoms with van der Waals surface area (Å²) in [7, 11) is -4.85. The Hall–Kier alpha value is -3.16. The molecule has 0 radical (unpaired) electrons. The largest absolute Gasteiger partial charge is 0.469 e. The van der Waals surface area contributed by atoms with Crippen LogP contribution in [0.1, 0.15) is 11.9 Å². The summed E-state index contributed by atoms with van der Waals surface area (Å²) < 4.78 is 22.5. The van der Waals surface area contributed by atoms with Gasteiger partial charge in [-0.1, -0.05) is 18.2 Å². The molecule has 0 saturated carbocycles. The van der Waals surface area contributed by atoms with Crippen LogP contribution in [0.3, 0.4) is 0 Å². The Morgan fingerprint density at radius 3 is 2.57 bits per heavy atom. The minimum absolute atomic E-state index is 0.199. The van der Waals surface area contributed by atoms with E-state index < -0.39 is 50.2 Å². The first-order valence-electron chi connectivity index (χ1n) is 10.4. The molecular weight excluding hydrogens is 483 g/mol. The first-order chi connectivity index (χ1) is 16.5. The van der Waals surface area contributed by atoms with E-state index in [0.717, 1.165) is 32.5 Å². The summed E-state index contributed by atoms with van der Waals surface area (Å²) in [6.07, 6.45) is -3.37. The summed E-state index contributed by atoms with van der Waals surface area (Å²) in [6.45, 7) is -0.929. The molecule has 0 aliphatic carbocycles. The Morgan fingerprint density at radius 2 is 1.86 bits per heavy atom. The van der Waals surface area contributed by atoms with Crippen LogP contribution in [0.15, 0.2) is 64.4 Å². The molecule has 186 valence electrons. The fourth-order valence-corrected chi connectivity index (χ4v) is 4.13.